The molecule has 2 aliphatic heterocycles. The second-order valence-corrected chi connectivity index (χ2v) is 8.50. The number of aliphatic hydroxyl groups excluding tert-OH is 3. The highest BCUT2D eigenvalue weighted by molar-refractivity contribution is 5.67. The Hall–Kier alpha value is -1.52. The third-order valence-corrected chi connectivity index (χ3v) is 7.27. The van der Waals surface area contributed by atoms with Gasteiger partial charge in [0.1, 0.15) is 36.6 Å². The van der Waals surface area contributed by atoms with Crippen molar-refractivity contribution in [2.24, 2.45) is 10.8 Å². The van der Waals surface area contributed by atoms with E-state index in [1.54, 1.807) is 19.9 Å². The van der Waals surface area contributed by atoms with Gasteiger partial charge in [0.25, 0.3) is 0 Å². The van der Waals surface area contributed by atoms with Crippen molar-refractivity contribution in [2.75, 3.05) is 13.2 Å². The SMILES string of the molecule is CC(=O)OC[C@]12[C@@H](C=C(C)[C@H](O)[C@@H]1O)O[C@@H]1[C@H](O)[C@@H](OC(C)=O)[C@@]2(C)[C@@]12CO2. The van der Waals surface area contributed by atoms with Crippen molar-refractivity contribution in [3.8, 4) is 0 Å². The molecule has 1 saturated carbocycles. The van der Waals surface area contributed by atoms with E-state index in [-0.39, 0.29) is 13.2 Å². The molecule has 28 heavy (non-hydrogen) atoms. The van der Waals surface area contributed by atoms with Crippen LogP contribution in [0.1, 0.15) is 27.7 Å². The number of hydrogen-bond acceptors (Lipinski definition) is 9. The summed E-state index contributed by atoms with van der Waals surface area (Å²) >= 11 is 0. The van der Waals surface area contributed by atoms with Crippen LogP contribution in [0.5, 0.6) is 0 Å². The monoisotopic (exact) mass is 398 g/mol. The lowest BCUT2D eigenvalue weighted by Gasteiger charge is -2.60. The van der Waals surface area contributed by atoms with Crippen molar-refractivity contribution in [1.82, 2.24) is 0 Å². The van der Waals surface area contributed by atoms with E-state index in [0.717, 1.165) is 0 Å². The van der Waals surface area contributed by atoms with E-state index in [0.29, 0.717) is 5.57 Å². The fourth-order valence-corrected chi connectivity index (χ4v) is 5.71. The van der Waals surface area contributed by atoms with Gasteiger partial charge in [0.2, 0.25) is 0 Å². The number of ether oxygens (including phenoxy) is 4. The fraction of sp³-hybridized carbons (Fsp3) is 0.789. The molecule has 0 aromatic rings. The van der Waals surface area contributed by atoms with Crippen LogP contribution in [0.3, 0.4) is 0 Å². The van der Waals surface area contributed by atoms with Crippen LogP contribution in [-0.4, -0.2) is 82.7 Å². The van der Waals surface area contributed by atoms with Gasteiger partial charge in [-0.2, -0.15) is 0 Å². The molecule has 0 aromatic heterocycles. The van der Waals surface area contributed by atoms with Crippen LogP contribution in [0.4, 0.5) is 0 Å². The lowest BCUT2D eigenvalue weighted by molar-refractivity contribution is -0.274. The van der Waals surface area contributed by atoms with Gasteiger partial charge in [-0.3, -0.25) is 9.59 Å². The minimum absolute atomic E-state index is 0.225. The molecule has 2 bridgehead atoms. The lowest BCUT2D eigenvalue weighted by Crippen LogP contribution is -2.73. The molecule has 156 valence electrons. The lowest BCUT2D eigenvalue weighted by atomic mass is 9.49. The average molecular weight is 398 g/mol. The van der Waals surface area contributed by atoms with Gasteiger partial charge in [0, 0.05) is 13.8 Å². The molecule has 0 radical (unpaired) electrons. The zero-order chi connectivity index (χ0) is 20.6. The number of carbonyl (C=O) groups excluding carboxylic acids is 2. The van der Waals surface area contributed by atoms with Crippen LogP contribution in [0.2, 0.25) is 0 Å². The first kappa shape index (κ1) is 19.8. The minimum Gasteiger partial charge on any atom is -0.465 e. The second kappa shape index (κ2) is 5.99. The smallest absolute Gasteiger partial charge is 0.303 e. The Balaban J connectivity index is 1.93. The summed E-state index contributed by atoms with van der Waals surface area (Å²) in [6.45, 7) is 5.79. The van der Waals surface area contributed by atoms with Gasteiger partial charge in [-0.25, -0.2) is 0 Å². The molecule has 0 aromatic carbocycles. The standard InChI is InChI=1S/C19H26O9/c1-8-5-11-18(6-25-9(2)20,14(24)12(8)22)17(4)15(27-10(3)21)13(23)16(28-11)19(17)7-26-19/h5,11-16,22-24H,6-7H2,1-4H3/t11-,12+,13-,14+,15-,16-,17-,18+,19-/m1/s1. The van der Waals surface area contributed by atoms with Crippen molar-refractivity contribution in [2.45, 2.75) is 69.9 Å². The molecule has 4 aliphatic rings. The van der Waals surface area contributed by atoms with Crippen LogP contribution < -0.4 is 0 Å². The van der Waals surface area contributed by atoms with Gasteiger partial charge in [0.15, 0.2) is 0 Å². The van der Waals surface area contributed by atoms with Gasteiger partial charge < -0.3 is 34.3 Å². The number of rotatable bonds is 3. The van der Waals surface area contributed by atoms with Gasteiger partial charge in [-0.05, 0) is 12.5 Å². The number of fused-ring (bicyclic) bond motifs is 2. The Labute approximate surface area is 162 Å². The molecular weight excluding hydrogens is 372 g/mol. The summed E-state index contributed by atoms with van der Waals surface area (Å²) in [4.78, 5) is 23.4. The Morgan fingerprint density at radius 2 is 1.89 bits per heavy atom. The summed E-state index contributed by atoms with van der Waals surface area (Å²) in [6, 6.07) is 0. The fourth-order valence-electron chi connectivity index (χ4n) is 5.71. The Kier molecular flexibility index (Phi) is 4.23. The molecule has 2 heterocycles. The van der Waals surface area contributed by atoms with Crippen LogP contribution >= 0.6 is 0 Å². The number of epoxide rings is 1. The van der Waals surface area contributed by atoms with E-state index in [9.17, 15) is 24.9 Å². The Morgan fingerprint density at radius 1 is 1.25 bits per heavy atom. The molecule has 2 aliphatic carbocycles. The molecule has 9 atom stereocenters. The maximum Gasteiger partial charge on any atom is 0.303 e. The highest BCUT2D eigenvalue weighted by atomic mass is 16.7. The predicted molar refractivity (Wildman–Crippen MR) is 91.8 cm³/mol. The quantitative estimate of drug-likeness (QED) is 0.313. The van der Waals surface area contributed by atoms with Gasteiger partial charge in [0.05, 0.1) is 29.6 Å². The van der Waals surface area contributed by atoms with Gasteiger partial charge in [-0.1, -0.05) is 13.0 Å². The Morgan fingerprint density at radius 3 is 2.43 bits per heavy atom. The van der Waals surface area contributed by atoms with E-state index in [4.69, 9.17) is 18.9 Å². The zero-order valence-corrected chi connectivity index (χ0v) is 16.2. The molecule has 0 unspecified atom stereocenters. The number of aliphatic hydroxyl groups is 3. The molecule has 1 spiro atoms. The number of hydrogen-bond donors (Lipinski definition) is 3. The highest BCUT2D eigenvalue weighted by Gasteiger charge is 2.87. The summed E-state index contributed by atoms with van der Waals surface area (Å²) in [5.41, 5.74) is -3.11. The zero-order valence-electron chi connectivity index (χ0n) is 16.2. The van der Waals surface area contributed by atoms with Crippen LogP contribution in [0.25, 0.3) is 0 Å². The summed E-state index contributed by atoms with van der Waals surface area (Å²) in [7, 11) is 0. The Bertz CT molecular complexity index is 744. The average Bonchev–Trinajstić information content (AvgIpc) is 3.39. The minimum atomic E-state index is -1.41. The first-order valence-corrected chi connectivity index (χ1v) is 9.35. The van der Waals surface area contributed by atoms with Crippen LogP contribution in [0, 0.1) is 10.8 Å². The normalized spacial score (nSPS) is 51.3. The van der Waals surface area contributed by atoms with E-state index in [1.165, 1.54) is 13.8 Å². The molecule has 0 amide bonds. The largest absolute Gasteiger partial charge is 0.465 e. The van der Waals surface area contributed by atoms with Crippen molar-refractivity contribution in [3.05, 3.63) is 11.6 Å². The highest BCUT2D eigenvalue weighted by Crippen LogP contribution is 2.72. The second-order valence-electron chi connectivity index (χ2n) is 8.50. The molecule has 3 fully saturated rings. The molecule has 9 nitrogen and oxygen atoms in total. The maximum absolute atomic E-state index is 11.8. The van der Waals surface area contributed by atoms with Crippen molar-refractivity contribution < 1.29 is 43.9 Å². The van der Waals surface area contributed by atoms with Crippen LogP contribution in [-0.2, 0) is 28.5 Å². The molecule has 3 N–H and O–H groups in total. The molecule has 9 heteroatoms. The third kappa shape index (κ3) is 2.14. The summed E-state index contributed by atoms with van der Waals surface area (Å²) < 4.78 is 22.8. The molecule has 2 saturated heterocycles. The van der Waals surface area contributed by atoms with Crippen molar-refractivity contribution >= 4 is 11.9 Å². The molecular formula is C19H26O9. The van der Waals surface area contributed by atoms with Crippen LogP contribution in [0.15, 0.2) is 11.6 Å². The maximum atomic E-state index is 11.8. The first-order chi connectivity index (χ1) is 13.0. The third-order valence-electron chi connectivity index (χ3n) is 7.27. The summed E-state index contributed by atoms with van der Waals surface area (Å²) in [5.74, 6) is -1.18. The van der Waals surface area contributed by atoms with Gasteiger partial charge in [-0.15, -0.1) is 0 Å². The summed E-state index contributed by atoms with van der Waals surface area (Å²) in [5, 5.41) is 32.9. The molecule has 4 rings (SSSR count). The first-order valence-electron chi connectivity index (χ1n) is 9.35. The predicted octanol–water partition coefficient (Wildman–Crippen LogP) is -0.933. The van der Waals surface area contributed by atoms with Crippen molar-refractivity contribution in [1.29, 1.82) is 0 Å². The van der Waals surface area contributed by atoms with E-state index in [2.05, 4.69) is 0 Å². The van der Waals surface area contributed by atoms with E-state index < -0.39 is 65.0 Å². The summed E-state index contributed by atoms with van der Waals surface area (Å²) in [6.07, 6.45) is -4.83. The van der Waals surface area contributed by atoms with E-state index in [1.807, 2.05) is 0 Å². The van der Waals surface area contributed by atoms with Gasteiger partial charge >= 0.3 is 11.9 Å². The van der Waals surface area contributed by atoms with E-state index >= 15 is 0 Å². The number of carbonyl (C=O) groups is 2. The number of esters is 2. The topological polar surface area (TPSA) is 135 Å². The van der Waals surface area contributed by atoms with Crippen molar-refractivity contribution in [3.63, 3.8) is 0 Å².